The summed E-state index contributed by atoms with van der Waals surface area (Å²) < 4.78 is 4.96. The topological polar surface area (TPSA) is 63.7 Å². The third-order valence-corrected chi connectivity index (χ3v) is 4.41. The van der Waals surface area contributed by atoms with Gasteiger partial charge in [0.1, 0.15) is 5.92 Å². The van der Waals surface area contributed by atoms with Gasteiger partial charge in [0.15, 0.2) is 0 Å². The number of anilines is 1. The van der Waals surface area contributed by atoms with E-state index in [4.69, 9.17) is 4.74 Å². The molecule has 2 aromatic rings. The van der Waals surface area contributed by atoms with E-state index in [1.54, 1.807) is 12.1 Å². The molecule has 5 heteroatoms. The molecule has 1 atom stereocenters. The summed E-state index contributed by atoms with van der Waals surface area (Å²) in [5.41, 5.74) is 3.95. The second kappa shape index (κ2) is 5.16. The molecule has 1 aliphatic heterocycles. The minimum atomic E-state index is -0.554. The lowest BCUT2D eigenvalue weighted by atomic mass is 9.96. The molecule has 0 radical (unpaired) electrons. The van der Waals surface area contributed by atoms with Crippen molar-refractivity contribution in [2.45, 2.75) is 5.92 Å². The van der Waals surface area contributed by atoms with Crippen LogP contribution in [0.3, 0.4) is 0 Å². The lowest BCUT2D eigenvalue weighted by Crippen LogP contribution is -2.29. The molecule has 2 aromatic carbocycles. The molecule has 5 nitrogen and oxygen atoms in total. The Bertz CT molecular complexity index is 911. The Morgan fingerprint density at radius 3 is 2.33 bits per heavy atom. The van der Waals surface area contributed by atoms with Crippen LogP contribution in [-0.2, 0) is 19.1 Å². The summed E-state index contributed by atoms with van der Waals surface area (Å²) in [4.78, 5) is 37.2. The van der Waals surface area contributed by atoms with Crippen LogP contribution in [0.4, 0.5) is 5.69 Å². The van der Waals surface area contributed by atoms with Crippen LogP contribution < -0.4 is 4.90 Å². The zero-order chi connectivity index (χ0) is 16.8. The monoisotopic (exact) mass is 319 g/mol. The normalized spacial score (nSPS) is 17.9. The van der Waals surface area contributed by atoms with Gasteiger partial charge >= 0.3 is 5.97 Å². The minimum absolute atomic E-state index is 0.365. The van der Waals surface area contributed by atoms with Gasteiger partial charge in [-0.1, -0.05) is 30.3 Å². The van der Waals surface area contributed by atoms with Crippen molar-refractivity contribution in [3.05, 3.63) is 65.7 Å². The number of rotatable bonds is 2. The Morgan fingerprint density at radius 2 is 1.62 bits per heavy atom. The molecule has 0 bridgehead atoms. The summed E-state index contributed by atoms with van der Waals surface area (Å²) in [6.07, 6.45) is 2.48. The summed E-state index contributed by atoms with van der Waals surface area (Å²) in [6.45, 7) is 0. The number of methoxy groups -OCH3 is 1. The SMILES string of the molecule is COC(=O)[C@@H]1c2ccccc2-c2ccc(N3C(=O)C=CC3=O)cc21. The molecule has 2 amide bonds. The van der Waals surface area contributed by atoms with Gasteiger partial charge in [0, 0.05) is 12.2 Å². The zero-order valence-electron chi connectivity index (χ0n) is 12.9. The lowest BCUT2D eigenvalue weighted by molar-refractivity contribution is -0.141. The average molecular weight is 319 g/mol. The van der Waals surface area contributed by atoms with Crippen LogP contribution in [0.5, 0.6) is 0 Å². The molecule has 0 unspecified atom stereocenters. The highest BCUT2D eigenvalue weighted by atomic mass is 16.5. The fourth-order valence-corrected chi connectivity index (χ4v) is 3.36. The van der Waals surface area contributed by atoms with Crippen LogP contribution in [0.15, 0.2) is 54.6 Å². The van der Waals surface area contributed by atoms with Crippen molar-refractivity contribution in [3.8, 4) is 11.1 Å². The number of hydrogen-bond acceptors (Lipinski definition) is 4. The van der Waals surface area contributed by atoms with Crippen molar-refractivity contribution in [1.29, 1.82) is 0 Å². The summed E-state index contributed by atoms with van der Waals surface area (Å²) in [5, 5.41) is 0. The fraction of sp³-hybridized carbons (Fsp3) is 0.105. The molecule has 0 saturated carbocycles. The number of benzene rings is 2. The molecule has 4 rings (SSSR count). The van der Waals surface area contributed by atoms with Crippen LogP contribution in [-0.4, -0.2) is 24.9 Å². The summed E-state index contributed by atoms with van der Waals surface area (Å²) >= 11 is 0. The number of esters is 1. The van der Waals surface area contributed by atoms with Gasteiger partial charge in [-0.25, -0.2) is 4.90 Å². The fourth-order valence-electron chi connectivity index (χ4n) is 3.36. The number of carbonyl (C=O) groups excluding carboxylic acids is 3. The van der Waals surface area contributed by atoms with Crippen LogP contribution in [0.1, 0.15) is 17.0 Å². The molecule has 118 valence electrons. The highest BCUT2D eigenvalue weighted by Gasteiger charge is 2.36. The number of carbonyl (C=O) groups is 3. The van der Waals surface area contributed by atoms with Crippen LogP contribution in [0.25, 0.3) is 11.1 Å². The van der Waals surface area contributed by atoms with Gasteiger partial charge in [-0.2, -0.15) is 0 Å². The molecule has 0 fully saturated rings. The highest BCUT2D eigenvalue weighted by Crippen LogP contribution is 2.46. The van der Waals surface area contributed by atoms with Crippen LogP contribution >= 0.6 is 0 Å². The Morgan fingerprint density at radius 1 is 0.958 bits per heavy atom. The maximum absolute atomic E-state index is 12.3. The van der Waals surface area contributed by atoms with E-state index < -0.39 is 5.92 Å². The Labute approximate surface area is 138 Å². The number of nitrogens with zero attached hydrogens (tertiary/aromatic N) is 1. The van der Waals surface area contributed by atoms with E-state index in [1.807, 2.05) is 30.3 Å². The van der Waals surface area contributed by atoms with Gasteiger partial charge in [-0.05, 0) is 34.4 Å². The van der Waals surface area contributed by atoms with Crippen molar-refractivity contribution in [1.82, 2.24) is 0 Å². The Hall–Kier alpha value is -3.21. The quantitative estimate of drug-likeness (QED) is 0.630. The zero-order valence-corrected chi connectivity index (χ0v) is 12.9. The minimum Gasteiger partial charge on any atom is -0.468 e. The average Bonchev–Trinajstić information content (AvgIpc) is 3.10. The van der Waals surface area contributed by atoms with E-state index in [2.05, 4.69) is 0 Å². The molecule has 0 N–H and O–H groups in total. The first-order valence-electron chi connectivity index (χ1n) is 7.49. The van der Waals surface area contributed by atoms with Crippen molar-refractivity contribution in [3.63, 3.8) is 0 Å². The molecule has 0 saturated heterocycles. The van der Waals surface area contributed by atoms with Gasteiger partial charge < -0.3 is 4.74 Å². The van der Waals surface area contributed by atoms with E-state index in [0.29, 0.717) is 5.69 Å². The number of imide groups is 1. The van der Waals surface area contributed by atoms with Crippen molar-refractivity contribution < 1.29 is 19.1 Å². The number of amides is 2. The third kappa shape index (κ3) is 1.91. The first-order valence-corrected chi connectivity index (χ1v) is 7.49. The van der Waals surface area contributed by atoms with Gasteiger partial charge in [0.05, 0.1) is 12.8 Å². The number of fused-ring (bicyclic) bond motifs is 3. The molecule has 0 spiro atoms. The van der Waals surface area contributed by atoms with Gasteiger partial charge in [-0.3, -0.25) is 14.4 Å². The van der Waals surface area contributed by atoms with Crippen molar-refractivity contribution in [2.75, 3.05) is 12.0 Å². The van der Waals surface area contributed by atoms with E-state index in [0.717, 1.165) is 27.2 Å². The molecular formula is C19H13NO4. The van der Waals surface area contributed by atoms with Crippen molar-refractivity contribution >= 4 is 23.5 Å². The molecule has 0 aromatic heterocycles. The summed E-state index contributed by atoms with van der Waals surface area (Å²) in [5.74, 6) is -1.69. The van der Waals surface area contributed by atoms with Gasteiger partial charge in [-0.15, -0.1) is 0 Å². The van der Waals surface area contributed by atoms with E-state index in [-0.39, 0.29) is 17.8 Å². The van der Waals surface area contributed by atoms with Crippen molar-refractivity contribution in [2.24, 2.45) is 0 Å². The first kappa shape index (κ1) is 14.4. The first-order chi connectivity index (χ1) is 11.6. The highest BCUT2D eigenvalue weighted by molar-refractivity contribution is 6.28. The van der Waals surface area contributed by atoms with Gasteiger partial charge in [0.25, 0.3) is 11.8 Å². The standard InChI is InChI=1S/C19H13NO4/c1-24-19(23)18-14-5-3-2-4-12(14)13-7-6-11(10-15(13)18)20-16(21)8-9-17(20)22/h2-10,18H,1H3/t18-/m1/s1. The van der Waals surface area contributed by atoms with E-state index in [1.165, 1.54) is 19.3 Å². The Balaban J connectivity index is 1.88. The maximum Gasteiger partial charge on any atom is 0.317 e. The van der Waals surface area contributed by atoms with Crippen LogP contribution in [0, 0.1) is 0 Å². The molecule has 1 heterocycles. The second-order valence-electron chi connectivity index (χ2n) is 5.66. The van der Waals surface area contributed by atoms with E-state index >= 15 is 0 Å². The van der Waals surface area contributed by atoms with Crippen LogP contribution in [0.2, 0.25) is 0 Å². The predicted octanol–water partition coefficient (Wildman–Crippen LogP) is 2.40. The second-order valence-corrected chi connectivity index (χ2v) is 5.66. The van der Waals surface area contributed by atoms with Gasteiger partial charge in [0.2, 0.25) is 0 Å². The third-order valence-electron chi connectivity index (χ3n) is 4.41. The number of hydrogen-bond donors (Lipinski definition) is 0. The molecular weight excluding hydrogens is 306 g/mol. The molecule has 1 aliphatic carbocycles. The smallest absolute Gasteiger partial charge is 0.317 e. The largest absolute Gasteiger partial charge is 0.468 e. The maximum atomic E-state index is 12.3. The van der Waals surface area contributed by atoms with E-state index in [9.17, 15) is 14.4 Å². The Kier molecular flexibility index (Phi) is 3.09. The summed E-state index contributed by atoms with van der Waals surface area (Å²) in [7, 11) is 1.35. The summed E-state index contributed by atoms with van der Waals surface area (Å²) in [6, 6.07) is 12.9. The predicted molar refractivity (Wildman–Crippen MR) is 87.4 cm³/mol. The lowest BCUT2D eigenvalue weighted by Gasteiger charge is -2.17. The molecule has 24 heavy (non-hydrogen) atoms. The number of ether oxygens (including phenoxy) is 1. The molecule has 2 aliphatic rings.